The van der Waals surface area contributed by atoms with Crippen LogP contribution in [0.2, 0.25) is 0 Å². The maximum absolute atomic E-state index is 12.4. The molecule has 2 bridgehead atoms. The number of ether oxygens (including phenoxy) is 2. The second kappa shape index (κ2) is 4.43. The molecule has 0 aromatic carbocycles. The molecule has 0 N–H and O–H groups in total. The van der Waals surface area contributed by atoms with E-state index < -0.39 is 17.7 Å². The quantitative estimate of drug-likeness (QED) is 0.550. The third kappa shape index (κ3) is 1.71. The Morgan fingerprint density at radius 2 is 2.00 bits per heavy atom. The fraction of sp³-hybridized carbons (Fsp3) is 0.938. The summed E-state index contributed by atoms with van der Waals surface area (Å²) in [5, 5.41) is 0. The van der Waals surface area contributed by atoms with Crippen LogP contribution in [0.4, 0.5) is 0 Å². The molecular weight excluding hydrogens is 272 g/mol. The summed E-state index contributed by atoms with van der Waals surface area (Å²) < 4.78 is 11.7. The van der Waals surface area contributed by atoms with Gasteiger partial charge >= 0.3 is 5.97 Å². The van der Waals surface area contributed by atoms with Crippen molar-refractivity contribution in [2.24, 2.45) is 23.7 Å². The summed E-state index contributed by atoms with van der Waals surface area (Å²) in [6.07, 6.45) is 4.05. The van der Waals surface area contributed by atoms with E-state index in [0.29, 0.717) is 11.8 Å². The van der Waals surface area contributed by atoms with Crippen LogP contribution in [0.25, 0.3) is 0 Å². The lowest BCUT2D eigenvalue weighted by Gasteiger charge is -2.58. The van der Waals surface area contributed by atoms with Crippen LogP contribution in [0.5, 0.6) is 0 Å². The van der Waals surface area contributed by atoms with Crippen LogP contribution in [0, 0.1) is 23.7 Å². The minimum absolute atomic E-state index is 0.106. The van der Waals surface area contributed by atoms with Crippen molar-refractivity contribution in [1.82, 2.24) is 0 Å². The Morgan fingerprint density at radius 3 is 2.76 bits per heavy atom. The predicted molar refractivity (Wildman–Crippen MR) is 72.7 cm³/mol. The lowest BCUT2D eigenvalue weighted by atomic mass is 9.57. The lowest BCUT2D eigenvalue weighted by Crippen LogP contribution is -2.69. The molecule has 1 saturated carbocycles. The predicted octanol–water partition coefficient (Wildman–Crippen LogP) is 2.79. The van der Waals surface area contributed by atoms with E-state index in [9.17, 15) is 4.79 Å². The Labute approximate surface area is 125 Å². The van der Waals surface area contributed by atoms with E-state index in [0.717, 1.165) is 32.1 Å². The molecule has 0 aromatic heterocycles. The van der Waals surface area contributed by atoms with Gasteiger partial charge in [-0.3, -0.25) is 4.79 Å². The van der Waals surface area contributed by atoms with Crippen LogP contribution in [-0.4, -0.2) is 23.6 Å². The van der Waals surface area contributed by atoms with E-state index in [4.69, 9.17) is 19.2 Å². The molecular formula is C16H24O5. The Morgan fingerprint density at radius 1 is 1.19 bits per heavy atom. The molecule has 21 heavy (non-hydrogen) atoms. The van der Waals surface area contributed by atoms with Crippen molar-refractivity contribution in [2.45, 2.75) is 70.6 Å². The molecule has 4 aliphatic heterocycles. The first-order valence-corrected chi connectivity index (χ1v) is 8.25. The van der Waals surface area contributed by atoms with E-state index in [-0.39, 0.29) is 17.8 Å². The second-order valence-corrected chi connectivity index (χ2v) is 7.36. The molecule has 7 atom stereocenters. The highest BCUT2D eigenvalue weighted by molar-refractivity contribution is 5.74. The second-order valence-electron chi connectivity index (χ2n) is 7.36. The molecule has 4 heterocycles. The summed E-state index contributed by atoms with van der Waals surface area (Å²) >= 11 is 0. The van der Waals surface area contributed by atoms with Gasteiger partial charge in [0.25, 0.3) is 0 Å². The molecule has 5 fully saturated rings. The van der Waals surface area contributed by atoms with Crippen LogP contribution in [0.1, 0.15) is 52.9 Å². The minimum atomic E-state index is -0.795. The van der Waals surface area contributed by atoms with E-state index in [1.807, 2.05) is 13.8 Å². The van der Waals surface area contributed by atoms with Gasteiger partial charge in [-0.05, 0) is 38.5 Å². The molecule has 5 heteroatoms. The monoisotopic (exact) mass is 296 g/mol. The van der Waals surface area contributed by atoms with Gasteiger partial charge in [0, 0.05) is 18.3 Å². The summed E-state index contributed by atoms with van der Waals surface area (Å²) in [6, 6.07) is 0. The van der Waals surface area contributed by atoms with E-state index >= 15 is 0 Å². The Bertz CT molecular complexity index is 466. The number of hydrogen-bond donors (Lipinski definition) is 0. The number of fused-ring (bicyclic) bond motifs is 2. The number of rotatable bonds is 1. The van der Waals surface area contributed by atoms with Gasteiger partial charge in [-0.15, -0.1) is 0 Å². The smallest absolute Gasteiger partial charge is 0.311 e. The lowest BCUT2D eigenvalue weighted by molar-refractivity contribution is -0.559. The molecule has 4 saturated heterocycles. The molecule has 0 unspecified atom stereocenters. The largest absolute Gasteiger partial charge is 0.432 e. The Hall–Kier alpha value is -0.650. The molecule has 118 valence electrons. The minimum Gasteiger partial charge on any atom is -0.432 e. The van der Waals surface area contributed by atoms with Crippen molar-refractivity contribution in [3.8, 4) is 0 Å². The molecule has 5 aliphatic rings. The maximum Gasteiger partial charge on any atom is 0.311 e. The highest BCUT2D eigenvalue weighted by Gasteiger charge is 2.70. The Balaban J connectivity index is 1.82. The maximum atomic E-state index is 12.4. The van der Waals surface area contributed by atoms with Gasteiger partial charge < -0.3 is 9.47 Å². The number of carbonyl (C=O) groups excluding carboxylic acids is 1. The topological polar surface area (TPSA) is 54.0 Å². The van der Waals surface area contributed by atoms with Gasteiger partial charge in [0.15, 0.2) is 5.60 Å². The normalized spacial score (nSPS) is 55.6. The number of esters is 1. The average Bonchev–Trinajstić information content (AvgIpc) is 2.67. The number of carbonyl (C=O) groups is 1. The van der Waals surface area contributed by atoms with Crippen molar-refractivity contribution in [3.63, 3.8) is 0 Å². The fourth-order valence-corrected chi connectivity index (χ4v) is 5.07. The van der Waals surface area contributed by atoms with Gasteiger partial charge in [-0.2, -0.15) is 0 Å². The summed E-state index contributed by atoms with van der Waals surface area (Å²) in [6.45, 7) is 6.19. The van der Waals surface area contributed by atoms with Gasteiger partial charge in [0.2, 0.25) is 12.1 Å². The van der Waals surface area contributed by atoms with Crippen molar-refractivity contribution >= 4 is 5.97 Å². The van der Waals surface area contributed by atoms with E-state index in [1.165, 1.54) is 0 Å². The summed E-state index contributed by atoms with van der Waals surface area (Å²) in [5.41, 5.74) is -0.609. The van der Waals surface area contributed by atoms with Gasteiger partial charge in [0.1, 0.15) is 0 Å². The molecule has 0 amide bonds. The van der Waals surface area contributed by atoms with Gasteiger partial charge in [-0.1, -0.05) is 13.8 Å². The molecule has 0 aromatic rings. The zero-order valence-electron chi connectivity index (χ0n) is 13.0. The fourth-order valence-electron chi connectivity index (χ4n) is 5.07. The first-order chi connectivity index (χ1) is 10.00. The zero-order chi connectivity index (χ0) is 14.8. The zero-order valence-corrected chi connectivity index (χ0v) is 13.0. The SMILES string of the molecule is CC[C@@H]1C(=O)O[C@@H]2O[C@@]3(C)CC[C@H]4[C@H](C)CC[C@@H]1[C@@]24OO3. The van der Waals surface area contributed by atoms with E-state index in [2.05, 4.69) is 6.92 Å². The third-order valence-electron chi connectivity index (χ3n) is 6.23. The summed E-state index contributed by atoms with van der Waals surface area (Å²) in [4.78, 5) is 24.0. The Kier molecular flexibility index (Phi) is 2.95. The summed E-state index contributed by atoms with van der Waals surface area (Å²) in [7, 11) is 0. The first kappa shape index (κ1) is 14.0. The van der Waals surface area contributed by atoms with Crippen molar-refractivity contribution in [1.29, 1.82) is 0 Å². The van der Waals surface area contributed by atoms with Crippen LogP contribution in [0.15, 0.2) is 0 Å². The number of hydrogen-bond acceptors (Lipinski definition) is 5. The van der Waals surface area contributed by atoms with Crippen molar-refractivity contribution in [2.75, 3.05) is 0 Å². The van der Waals surface area contributed by atoms with E-state index in [1.54, 1.807) is 0 Å². The third-order valence-corrected chi connectivity index (χ3v) is 6.23. The van der Waals surface area contributed by atoms with Crippen LogP contribution >= 0.6 is 0 Å². The average molecular weight is 296 g/mol. The molecule has 1 spiro atoms. The summed E-state index contributed by atoms with van der Waals surface area (Å²) in [5.74, 6) is -0.0373. The molecule has 1 aliphatic carbocycles. The highest BCUT2D eigenvalue weighted by Crippen LogP contribution is 2.60. The van der Waals surface area contributed by atoms with Crippen molar-refractivity contribution in [3.05, 3.63) is 0 Å². The highest BCUT2D eigenvalue weighted by atomic mass is 17.3. The molecule has 5 rings (SSSR count). The molecule has 5 nitrogen and oxygen atoms in total. The van der Waals surface area contributed by atoms with Gasteiger partial charge in [-0.25, -0.2) is 9.78 Å². The van der Waals surface area contributed by atoms with Crippen molar-refractivity contribution < 1.29 is 24.0 Å². The van der Waals surface area contributed by atoms with Crippen LogP contribution < -0.4 is 0 Å². The van der Waals surface area contributed by atoms with Crippen LogP contribution in [0.3, 0.4) is 0 Å². The molecule has 0 radical (unpaired) electrons. The van der Waals surface area contributed by atoms with Crippen LogP contribution in [-0.2, 0) is 24.0 Å². The first-order valence-electron chi connectivity index (χ1n) is 8.25. The van der Waals surface area contributed by atoms with Gasteiger partial charge in [0.05, 0.1) is 5.92 Å². The standard InChI is InChI=1S/C16H24O5/c1-4-10-12-6-5-9(2)11-7-8-15(3)19-14(18-13(10)17)16(11,12)21-20-15/h9-12,14H,4-8H2,1-3H3/t9-,10+,11+,12+,14-,15-,16-/m1/s1.